The lowest BCUT2D eigenvalue weighted by molar-refractivity contribution is -0.124. The molecule has 3 rings (SSSR count). The SMILES string of the molecule is COc1ccc(C(=O)N[C@@H](CC(C)C)C(=O)N[C@H]2CCN(Cc3ccccc3)C2)cc1OCCN(C)C. The molecule has 1 saturated heterocycles. The molecule has 2 amide bonds. The Bertz CT molecular complexity index is 1010. The lowest BCUT2D eigenvalue weighted by atomic mass is 10.0. The van der Waals surface area contributed by atoms with Gasteiger partial charge in [-0.15, -0.1) is 0 Å². The summed E-state index contributed by atoms with van der Waals surface area (Å²) < 4.78 is 11.2. The van der Waals surface area contributed by atoms with E-state index in [1.807, 2.05) is 51.0 Å². The van der Waals surface area contributed by atoms with Crippen LogP contribution in [0.5, 0.6) is 11.5 Å². The molecule has 1 aliphatic rings. The van der Waals surface area contributed by atoms with Gasteiger partial charge in [0.25, 0.3) is 5.91 Å². The zero-order chi connectivity index (χ0) is 26.8. The Morgan fingerprint density at radius 3 is 2.54 bits per heavy atom. The molecule has 0 unspecified atom stereocenters. The number of carbonyl (C=O) groups excluding carboxylic acids is 2. The van der Waals surface area contributed by atoms with Gasteiger partial charge in [-0.1, -0.05) is 44.2 Å². The number of likely N-dealkylation sites (N-methyl/N-ethyl adjacent to an activating group) is 1. The van der Waals surface area contributed by atoms with Crippen molar-refractivity contribution in [2.45, 2.75) is 45.3 Å². The van der Waals surface area contributed by atoms with Gasteiger partial charge >= 0.3 is 0 Å². The van der Waals surface area contributed by atoms with Crippen LogP contribution in [0.3, 0.4) is 0 Å². The van der Waals surface area contributed by atoms with Gasteiger partial charge in [-0.25, -0.2) is 0 Å². The predicted molar refractivity (Wildman–Crippen MR) is 146 cm³/mol. The molecule has 1 aliphatic heterocycles. The second-order valence-corrected chi connectivity index (χ2v) is 10.4. The highest BCUT2D eigenvalue weighted by Crippen LogP contribution is 2.28. The number of amides is 2. The van der Waals surface area contributed by atoms with Crippen LogP contribution in [0, 0.1) is 5.92 Å². The number of nitrogens with zero attached hydrogens (tertiary/aromatic N) is 2. The molecule has 37 heavy (non-hydrogen) atoms. The summed E-state index contributed by atoms with van der Waals surface area (Å²) in [5.74, 6) is 0.872. The van der Waals surface area contributed by atoms with Gasteiger partial charge < -0.3 is 25.0 Å². The molecule has 8 heteroatoms. The van der Waals surface area contributed by atoms with E-state index >= 15 is 0 Å². The van der Waals surface area contributed by atoms with Crippen molar-refractivity contribution in [3.05, 3.63) is 59.7 Å². The topological polar surface area (TPSA) is 83.1 Å². The van der Waals surface area contributed by atoms with Crippen LogP contribution >= 0.6 is 0 Å². The zero-order valence-electron chi connectivity index (χ0n) is 22.8. The molecular weight excluding hydrogens is 468 g/mol. The highest BCUT2D eigenvalue weighted by molar-refractivity contribution is 5.98. The fourth-order valence-corrected chi connectivity index (χ4v) is 4.45. The lowest BCUT2D eigenvalue weighted by Gasteiger charge is -2.23. The number of methoxy groups -OCH3 is 1. The van der Waals surface area contributed by atoms with Gasteiger partial charge in [0.15, 0.2) is 11.5 Å². The van der Waals surface area contributed by atoms with Crippen LogP contribution in [0.1, 0.15) is 42.6 Å². The molecular formula is C29H42N4O4. The van der Waals surface area contributed by atoms with E-state index in [0.717, 1.165) is 32.6 Å². The number of benzene rings is 2. The molecule has 0 saturated carbocycles. The summed E-state index contributed by atoms with van der Waals surface area (Å²) in [7, 11) is 5.51. The predicted octanol–water partition coefficient (Wildman–Crippen LogP) is 3.17. The molecule has 202 valence electrons. The molecule has 0 radical (unpaired) electrons. The average Bonchev–Trinajstić information content (AvgIpc) is 3.30. The normalized spacial score (nSPS) is 16.6. The average molecular weight is 511 g/mol. The summed E-state index contributed by atoms with van der Waals surface area (Å²) in [6, 6.07) is 14.9. The number of hydrogen-bond acceptors (Lipinski definition) is 6. The summed E-state index contributed by atoms with van der Waals surface area (Å²) in [6.45, 7) is 7.91. The maximum absolute atomic E-state index is 13.2. The molecule has 2 atom stereocenters. The highest BCUT2D eigenvalue weighted by Gasteiger charge is 2.28. The Morgan fingerprint density at radius 2 is 1.86 bits per heavy atom. The van der Waals surface area contributed by atoms with Gasteiger partial charge in [0.2, 0.25) is 5.91 Å². The van der Waals surface area contributed by atoms with E-state index in [9.17, 15) is 9.59 Å². The van der Waals surface area contributed by atoms with Crippen LogP contribution in [0.4, 0.5) is 0 Å². The van der Waals surface area contributed by atoms with E-state index in [0.29, 0.717) is 30.1 Å². The summed E-state index contributed by atoms with van der Waals surface area (Å²) in [5.41, 5.74) is 1.70. The second-order valence-electron chi connectivity index (χ2n) is 10.4. The molecule has 8 nitrogen and oxygen atoms in total. The van der Waals surface area contributed by atoms with Crippen LogP contribution in [0.25, 0.3) is 0 Å². The molecule has 1 fully saturated rings. The molecule has 0 aromatic heterocycles. The minimum atomic E-state index is -0.615. The van der Waals surface area contributed by atoms with Crippen molar-refractivity contribution in [1.29, 1.82) is 0 Å². The van der Waals surface area contributed by atoms with Crippen molar-refractivity contribution >= 4 is 11.8 Å². The Labute approximate surface area is 221 Å². The standard InChI is InChI=1S/C29H42N4O4/c1-21(2)17-25(29(35)30-24-13-14-33(20-24)19-22-9-7-6-8-10-22)31-28(34)23-11-12-26(36-5)27(18-23)37-16-15-32(3)4/h6-12,18,21,24-25H,13-17,19-20H2,1-5H3,(H,30,35)(H,31,34)/t24-,25-/m0/s1. The van der Waals surface area contributed by atoms with E-state index < -0.39 is 6.04 Å². The molecule has 2 N–H and O–H groups in total. The fraction of sp³-hybridized carbons (Fsp3) is 0.517. The second kappa shape index (κ2) is 14.0. The van der Waals surface area contributed by atoms with Crippen molar-refractivity contribution in [3.8, 4) is 11.5 Å². The third-order valence-electron chi connectivity index (χ3n) is 6.42. The maximum Gasteiger partial charge on any atom is 0.252 e. The molecule has 1 heterocycles. The van der Waals surface area contributed by atoms with Crippen LogP contribution in [-0.4, -0.2) is 81.1 Å². The van der Waals surface area contributed by atoms with Crippen LogP contribution < -0.4 is 20.1 Å². The summed E-state index contributed by atoms with van der Waals surface area (Å²) >= 11 is 0. The summed E-state index contributed by atoms with van der Waals surface area (Å²) in [4.78, 5) is 30.8. The number of hydrogen-bond donors (Lipinski definition) is 2. The van der Waals surface area contributed by atoms with E-state index in [4.69, 9.17) is 9.47 Å². The molecule has 0 bridgehead atoms. The van der Waals surface area contributed by atoms with Crippen LogP contribution in [-0.2, 0) is 11.3 Å². The van der Waals surface area contributed by atoms with Crippen molar-refractivity contribution in [3.63, 3.8) is 0 Å². The van der Waals surface area contributed by atoms with Gasteiger partial charge in [-0.2, -0.15) is 0 Å². The molecule has 2 aromatic carbocycles. The summed E-state index contributed by atoms with van der Waals surface area (Å²) in [5, 5.41) is 6.14. The zero-order valence-corrected chi connectivity index (χ0v) is 22.8. The monoisotopic (exact) mass is 510 g/mol. The number of ether oxygens (including phenoxy) is 2. The Hall–Kier alpha value is -3.10. The largest absolute Gasteiger partial charge is 0.493 e. The van der Waals surface area contributed by atoms with Gasteiger partial charge in [0, 0.05) is 37.8 Å². The smallest absolute Gasteiger partial charge is 0.252 e. The summed E-state index contributed by atoms with van der Waals surface area (Å²) in [6.07, 6.45) is 1.45. The van der Waals surface area contributed by atoms with E-state index in [1.165, 1.54) is 5.56 Å². The minimum absolute atomic E-state index is 0.0699. The van der Waals surface area contributed by atoms with Crippen molar-refractivity contribution < 1.29 is 19.1 Å². The lowest BCUT2D eigenvalue weighted by Crippen LogP contribution is -2.50. The van der Waals surface area contributed by atoms with Crippen LogP contribution in [0.2, 0.25) is 0 Å². The number of nitrogens with one attached hydrogen (secondary N) is 2. The van der Waals surface area contributed by atoms with E-state index in [2.05, 4.69) is 27.7 Å². The molecule has 2 aromatic rings. The third kappa shape index (κ3) is 9.05. The maximum atomic E-state index is 13.2. The quantitative estimate of drug-likeness (QED) is 0.431. The molecule has 0 aliphatic carbocycles. The van der Waals surface area contributed by atoms with Crippen LogP contribution in [0.15, 0.2) is 48.5 Å². The Morgan fingerprint density at radius 1 is 1.11 bits per heavy atom. The Kier molecular flexibility index (Phi) is 10.8. The first-order valence-corrected chi connectivity index (χ1v) is 13.1. The fourth-order valence-electron chi connectivity index (χ4n) is 4.45. The Balaban J connectivity index is 1.61. The van der Waals surface area contributed by atoms with Gasteiger partial charge in [-0.05, 0) is 56.6 Å². The first kappa shape index (κ1) is 28.5. The number of carbonyl (C=O) groups is 2. The first-order valence-electron chi connectivity index (χ1n) is 13.1. The molecule has 0 spiro atoms. The van der Waals surface area contributed by atoms with E-state index in [-0.39, 0.29) is 23.8 Å². The van der Waals surface area contributed by atoms with Gasteiger partial charge in [0.05, 0.1) is 7.11 Å². The highest BCUT2D eigenvalue weighted by atomic mass is 16.5. The van der Waals surface area contributed by atoms with Crippen molar-refractivity contribution in [2.75, 3.05) is 47.4 Å². The first-order chi connectivity index (χ1) is 17.7. The van der Waals surface area contributed by atoms with Crippen molar-refractivity contribution in [1.82, 2.24) is 20.4 Å². The van der Waals surface area contributed by atoms with Gasteiger partial charge in [0.1, 0.15) is 12.6 Å². The third-order valence-corrected chi connectivity index (χ3v) is 6.42. The number of rotatable bonds is 13. The van der Waals surface area contributed by atoms with E-state index in [1.54, 1.807) is 25.3 Å². The minimum Gasteiger partial charge on any atom is -0.493 e. The van der Waals surface area contributed by atoms with Gasteiger partial charge in [-0.3, -0.25) is 14.5 Å². The van der Waals surface area contributed by atoms with Crippen molar-refractivity contribution in [2.24, 2.45) is 5.92 Å². The number of likely N-dealkylation sites (tertiary alicyclic amines) is 1.